The van der Waals surface area contributed by atoms with Crippen LogP contribution in [-0.2, 0) is 4.74 Å². The molecule has 0 spiro atoms. The van der Waals surface area contributed by atoms with E-state index in [9.17, 15) is 4.79 Å². The van der Waals surface area contributed by atoms with Crippen molar-refractivity contribution in [1.82, 2.24) is 4.90 Å². The van der Waals surface area contributed by atoms with Crippen LogP contribution >= 0.6 is 0 Å². The Morgan fingerprint density at radius 3 is 2.19 bits per heavy atom. The van der Waals surface area contributed by atoms with Crippen molar-refractivity contribution in [3.8, 4) is 11.5 Å². The van der Waals surface area contributed by atoms with Gasteiger partial charge in [-0.25, -0.2) is 4.79 Å². The standard InChI is InChI=1S/C21H31NO4/c1-5-12-24-17-8-10-18(11-9-17)25-19-13-15-6-7-16(14-19)22(15)20(23)26-21(2,3)4/h8-11,15-16,19H,5-7,12-14H2,1-4H3/t15-,16+,19+. The molecule has 2 aliphatic heterocycles. The minimum absolute atomic E-state index is 0.147. The van der Waals surface area contributed by atoms with Crippen LogP contribution in [0.5, 0.6) is 11.5 Å². The maximum absolute atomic E-state index is 12.5. The van der Waals surface area contributed by atoms with Crippen molar-refractivity contribution in [2.24, 2.45) is 0 Å². The molecule has 3 atom stereocenters. The number of amides is 1. The lowest BCUT2D eigenvalue weighted by molar-refractivity contribution is -0.00708. The molecule has 0 saturated carbocycles. The molecule has 26 heavy (non-hydrogen) atoms. The molecule has 2 fully saturated rings. The van der Waals surface area contributed by atoms with Gasteiger partial charge in [0, 0.05) is 24.9 Å². The van der Waals surface area contributed by atoms with Crippen LogP contribution < -0.4 is 9.47 Å². The van der Waals surface area contributed by atoms with Crippen LogP contribution in [0.25, 0.3) is 0 Å². The molecule has 2 bridgehead atoms. The second kappa shape index (κ2) is 7.77. The zero-order valence-corrected chi connectivity index (χ0v) is 16.4. The molecule has 0 radical (unpaired) electrons. The Balaban J connectivity index is 1.56. The lowest BCUT2D eigenvalue weighted by Gasteiger charge is -2.39. The maximum Gasteiger partial charge on any atom is 0.410 e. The molecule has 3 rings (SSSR count). The van der Waals surface area contributed by atoms with Gasteiger partial charge in [0.15, 0.2) is 0 Å². The Kier molecular flexibility index (Phi) is 5.64. The van der Waals surface area contributed by atoms with Gasteiger partial charge in [0.2, 0.25) is 0 Å². The molecule has 5 heteroatoms. The number of fused-ring (bicyclic) bond motifs is 2. The van der Waals surface area contributed by atoms with Gasteiger partial charge in [0.1, 0.15) is 23.2 Å². The molecule has 1 aromatic rings. The smallest absolute Gasteiger partial charge is 0.410 e. The highest BCUT2D eigenvalue weighted by Crippen LogP contribution is 2.38. The lowest BCUT2D eigenvalue weighted by Crippen LogP contribution is -2.50. The number of hydrogen-bond acceptors (Lipinski definition) is 4. The highest BCUT2D eigenvalue weighted by atomic mass is 16.6. The van der Waals surface area contributed by atoms with Crippen molar-refractivity contribution in [3.63, 3.8) is 0 Å². The summed E-state index contributed by atoms with van der Waals surface area (Å²) in [5.41, 5.74) is -0.453. The lowest BCUT2D eigenvalue weighted by atomic mass is 10.00. The molecular formula is C21H31NO4. The van der Waals surface area contributed by atoms with Gasteiger partial charge in [0.05, 0.1) is 6.61 Å². The first kappa shape index (κ1) is 18.9. The third-order valence-corrected chi connectivity index (χ3v) is 4.89. The largest absolute Gasteiger partial charge is 0.494 e. The van der Waals surface area contributed by atoms with Gasteiger partial charge < -0.3 is 19.1 Å². The SMILES string of the molecule is CCCOc1ccc(O[C@H]2C[C@H]3CC[C@@H](C2)N3C(=O)OC(C)(C)C)cc1. The molecule has 5 nitrogen and oxygen atoms in total. The summed E-state index contributed by atoms with van der Waals surface area (Å²) in [5, 5.41) is 0. The maximum atomic E-state index is 12.5. The van der Waals surface area contributed by atoms with E-state index in [1.807, 2.05) is 49.9 Å². The molecule has 0 aromatic heterocycles. The summed E-state index contributed by atoms with van der Waals surface area (Å²) in [6.07, 6.45) is 4.76. The van der Waals surface area contributed by atoms with Crippen LogP contribution in [-0.4, -0.2) is 41.4 Å². The fraction of sp³-hybridized carbons (Fsp3) is 0.667. The van der Waals surface area contributed by atoms with Crippen LogP contribution in [0.3, 0.4) is 0 Å². The number of benzene rings is 1. The summed E-state index contributed by atoms with van der Waals surface area (Å²) in [7, 11) is 0. The van der Waals surface area contributed by atoms with Crippen LogP contribution in [0.15, 0.2) is 24.3 Å². The summed E-state index contributed by atoms with van der Waals surface area (Å²) in [6.45, 7) is 8.56. The van der Waals surface area contributed by atoms with Crippen molar-refractivity contribution < 1.29 is 19.0 Å². The number of ether oxygens (including phenoxy) is 3. The Morgan fingerprint density at radius 1 is 1.08 bits per heavy atom. The first-order valence-corrected chi connectivity index (χ1v) is 9.76. The van der Waals surface area contributed by atoms with Crippen molar-refractivity contribution in [2.45, 2.75) is 83.6 Å². The Hall–Kier alpha value is -1.91. The third-order valence-electron chi connectivity index (χ3n) is 4.89. The molecule has 144 valence electrons. The summed E-state index contributed by atoms with van der Waals surface area (Å²) < 4.78 is 17.4. The van der Waals surface area contributed by atoms with E-state index in [2.05, 4.69) is 6.92 Å². The second-order valence-corrected chi connectivity index (χ2v) is 8.30. The Bertz CT molecular complexity index is 593. The van der Waals surface area contributed by atoms with Gasteiger partial charge in [0.25, 0.3) is 0 Å². The molecule has 2 aliphatic rings. The van der Waals surface area contributed by atoms with Crippen LogP contribution in [0.2, 0.25) is 0 Å². The number of piperidine rings is 1. The van der Waals surface area contributed by atoms with E-state index in [0.717, 1.165) is 50.2 Å². The minimum Gasteiger partial charge on any atom is -0.494 e. The van der Waals surface area contributed by atoms with Crippen LogP contribution in [0.4, 0.5) is 4.79 Å². The van der Waals surface area contributed by atoms with Crippen molar-refractivity contribution >= 4 is 6.09 Å². The summed E-state index contributed by atoms with van der Waals surface area (Å²) >= 11 is 0. The summed E-state index contributed by atoms with van der Waals surface area (Å²) in [6, 6.07) is 8.28. The third kappa shape index (κ3) is 4.63. The van der Waals surface area contributed by atoms with E-state index < -0.39 is 5.60 Å². The number of nitrogens with zero attached hydrogens (tertiary/aromatic N) is 1. The topological polar surface area (TPSA) is 48.0 Å². The molecule has 1 amide bonds. The Morgan fingerprint density at radius 2 is 1.65 bits per heavy atom. The van der Waals surface area contributed by atoms with Crippen molar-refractivity contribution in [2.75, 3.05) is 6.61 Å². The first-order valence-electron chi connectivity index (χ1n) is 9.76. The molecule has 1 aromatic carbocycles. The van der Waals surface area contributed by atoms with E-state index >= 15 is 0 Å². The summed E-state index contributed by atoms with van der Waals surface area (Å²) in [4.78, 5) is 14.5. The van der Waals surface area contributed by atoms with Crippen LogP contribution in [0.1, 0.15) is 59.8 Å². The zero-order valence-electron chi connectivity index (χ0n) is 16.4. The van der Waals surface area contributed by atoms with Gasteiger partial charge in [-0.1, -0.05) is 6.92 Å². The van der Waals surface area contributed by atoms with Gasteiger partial charge >= 0.3 is 6.09 Å². The van der Waals surface area contributed by atoms with E-state index in [1.54, 1.807) is 0 Å². The van der Waals surface area contributed by atoms with Gasteiger partial charge in [-0.2, -0.15) is 0 Å². The fourth-order valence-corrected chi connectivity index (χ4v) is 3.86. The second-order valence-electron chi connectivity index (χ2n) is 8.30. The highest BCUT2D eigenvalue weighted by molar-refractivity contribution is 5.69. The first-order chi connectivity index (χ1) is 12.4. The highest BCUT2D eigenvalue weighted by Gasteiger charge is 2.45. The fourth-order valence-electron chi connectivity index (χ4n) is 3.86. The van der Waals surface area contributed by atoms with Crippen LogP contribution in [0, 0.1) is 0 Å². The quantitative estimate of drug-likeness (QED) is 0.757. The molecule has 0 aliphatic carbocycles. The minimum atomic E-state index is -0.453. The normalized spacial score (nSPS) is 25.1. The van der Waals surface area contributed by atoms with Crippen molar-refractivity contribution in [3.05, 3.63) is 24.3 Å². The Labute approximate surface area is 156 Å². The average Bonchev–Trinajstić information content (AvgIpc) is 2.84. The number of hydrogen-bond donors (Lipinski definition) is 0. The zero-order chi connectivity index (χ0) is 18.7. The van der Waals surface area contributed by atoms with Gasteiger partial charge in [-0.3, -0.25) is 0 Å². The molecule has 0 unspecified atom stereocenters. The molecule has 2 saturated heterocycles. The summed E-state index contributed by atoms with van der Waals surface area (Å²) in [5.74, 6) is 1.74. The van der Waals surface area contributed by atoms with E-state index in [1.165, 1.54) is 0 Å². The number of carbonyl (C=O) groups is 1. The number of rotatable bonds is 5. The predicted octanol–water partition coefficient (Wildman–Crippen LogP) is 4.78. The molecular weight excluding hydrogens is 330 g/mol. The van der Waals surface area contributed by atoms with Gasteiger partial charge in [-0.05, 0) is 64.3 Å². The molecule has 0 N–H and O–H groups in total. The van der Waals surface area contributed by atoms with E-state index in [-0.39, 0.29) is 24.3 Å². The predicted molar refractivity (Wildman–Crippen MR) is 101 cm³/mol. The monoisotopic (exact) mass is 361 g/mol. The van der Waals surface area contributed by atoms with E-state index in [0.29, 0.717) is 0 Å². The number of carbonyl (C=O) groups excluding carboxylic acids is 1. The van der Waals surface area contributed by atoms with Crippen molar-refractivity contribution in [1.29, 1.82) is 0 Å². The average molecular weight is 361 g/mol. The van der Waals surface area contributed by atoms with E-state index in [4.69, 9.17) is 14.2 Å². The van der Waals surface area contributed by atoms with Gasteiger partial charge in [-0.15, -0.1) is 0 Å². The molecule has 2 heterocycles.